The van der Waals surface area contributed by atoms with Crippen LogP contribution in [-0.4, -0.2) is 41.5 Å². The fourth-order valence-electron chi connectivity index (χ4n) is 3.19. The van der Waals surface area contributed by atoms with Crippen molar-refractivity contribution in [1.29, 1.82) is 0 Å². The first kappa shape index (κ1) is 21.7. The van der Waals surface area contributed by atoms with E-state index in [2.05, 4.69) is 20.8 Å². The molecule has 2 rings (SSSR count). The molecule has 0 saturated heterocycles. The average molecular weight is 392 g/mol. The number of ether oxygens (including phenoxy) is 1. The Morgan fingerprint density at radius 1 is 0.926 bits per heavy atom. The van der Waals surface area contributed by atoms with Crippen molar-refractivity contribution < 1.29 is 13.2 Å². The SMILES string of the molecule is CN(C)c1cccc2c(S(=O)(=O)CCCOCCCC(C)(C)C)cccc12. The van der Waals surface area contributed by atoms with E-state index >= 15 is 0 Å². The molecule has 0 saturated carbocycles. The summed E-state index contributed by atoms with van der Waals surface area (Å²) in [5.74, 6) is 0.109. The molecule has 150 valence electrons. The lowest BCUT2D eigenvalue weighted by Crippen LogP contribution is -2.12. The van der Waals surface area contributed by atoms with Gasteiger partial charge < -0.3 is 9.64 Å². The van der Waals surface area contributed by atoms with Crippen molar-refractivity contribution in [2.24, 2.45) is 5.41 Å². The van der Waals surface area contributed by atoms with Gasteiger partial charge in [0.2, 0.25) is 0 Å². The Morgan fingerprint density at radius 2 is 1.56 bits per heavy atom. The summed E-state index contributed by atoms with van der Waals surface area (Å²) in [6.45, 7) is 7.82. The largest absolute Gasteiger partial charge is 0.381 e. The predicted molar refractivity (Wildman–Crippen MR) is 114 cm³/mol. The maximum Gasteiger partial charge on any atom is 0.179 e. The van der Waals surface area contributed by atoms with Crippen LogP contribution in [0.4, 0.5) is 5.69 Å². The first-order valence-electron chi connectivity index (χ1n) is 9.61. The second kappa shape index (κ2) is 9.07. The highest BCUT2D eigenvalue weighted by molar-refractivity contribution is 7.91. The van der Waals surface area contributed by atoms with Gasteiger partial charge in [0.05, 0.1) is 10.6 Å². The summed E-state index contributed by atoms with van der Waals surface area (Å²) in [7, 11) is 0.587. The number of sulfone groups is 1. The molecule has 0 spiro atoms. The Bertz CT molecular complexity index is 851. The Balaban J connectivity index is 2.00. The first-order valence-corrected chi connectivity index (χ1v) is 11.3. The van der Waals surface area contributed by atoms with Gasteiger partial charge in [-0.05, 0) is 36.8 Å². The summed E-state index contributed by atoms with van der Waals surface area (Å²) in [6.07, 6.45) is 2.63. The smallest absolute Gasteiger partial charge is 0.179 e. The van der Waals surface area contributed by atoms with Crippen LogP contribution in [0, 0.1) is 5.41 Å². The predicted octanol–water partition coefficient (Wildman–Crippen LogP) is 4.91. The summed E-state index contributed by atoms with van der Waals surface area (Å²) in [6, 6.07) is 11.3. The highest BCUT2D eigenvalue weighted by Crippen LogP contribution is 2.30. The van der Waals surface area contributed by atoms with Crippen LogP contribution in [0.3, 0.4) is 0 Å². The second-order valence-corrected chi connectivity index (χ2v) is 10.5. The fraction of sp³-hybridized carbons (Fsp3) is 0.545. The summed E-state index contributed by atoms with van der Waals surface area (Å²) in [4.78, 5) is 2.42. The second-order valence-electron chi connectivity index (χ2n) is 8.47. The zero-order valence-corrected chi connectivity index (χ0v) is 18.1. The normalized spacial score (nSPS) is 12.5. The Hall–Kier alpha value is -1.59. The highest BCUT2D eigenvalue weighted by Gasteiger charge is 2.18. The van der Waals surface area contributed by atoms with Crippen molar-refractivity contribution in [3.05, 3.63) is 36.4 Å². The molecule has 0 fully saturated rings. The maximum atomic E-state index is 12.9. The topological polar surface area (TPSA) is 46.6 Å². The van der Waals surface area contributed by atoms with E-state index in [9.17, 15) is 8.42 Å². The molecule has 0 atom stereocenters. The number of hydrogen-bond donors (Lipinski definition) is 0. The van der Waals surface area contributed by atoms with Crippen LogP contribution < -0.4 is 4.90 Å². The molecule has 0 N–H and O–H groups in total. The molecule has 0 aliphatic rings. The molecule has 27 heavy (non-hydrogen) atoms. The molecule has 0 aromatic heterocycles. The van der Waals surface area contributed by atoms with Gasteiger partial charge in [-0.25, -0.2) is 8.42 Å². The molecule has 0 bridgehead atoms. The Kier molecular flexibility index (Phi) is 7.29. The van der Waals surface area contributed by atoms with Crippen LogP contribution in [0.2, 0.25) is 0 Å². The van der Waals surface area contributed by atoms with E-state index in [0.717, 1.165) is 29.3 Å². The van der Waals surface area contributed by atoms with E-state index in [1.165, 1.54) is 0 Å². The van der Waals surface area contributed by atoms with Gasteiger partial charge in [-0.2, -0.15) is 0 Å². The van der Waals surface area contributed by atoms with Crippen LogP contribution in [0.15, 0.2) is 41.3 Å². The lowest BCUT2D eigenvalue weighted by molar-refractivity contribution is 0.123. The molecule has 0 aliphatic heterocycles. The van der Waals surface area contributed by atoms with E-state index in [0.29, 0.717) is 29.9 Å². The number of fused-ring (bicyclic) bond motifs is 1. The van der Waals surface area contributed by atoms with Crippen LogP contribution >= 0.6 is 0 Å². The van der Waals surface area contributed by atoms with Gasteiger partial charge in [0.25, 0.3) is 0 Å². The van der Waals surface area contributed by atoms with Crippen LogP contribution in [0.25, 0.3) is 10.8 Å². The standard InChI is InChI=1S/C22H33NO3S/c1-22(2,3)14-8-15-26-16-9-17-27(24,25)21-13-7-10-18-19(21)11-6-12-20(18)23(4)5/h6-7,10-13H,8-9,14-17H2,1-5H3. The van der Waals surface area contributed by atoms with E-state index in [4.69, 9.17) is 4.74 Å². The van der Waals surface area contributed by atoms with Crippen molar-refractivity contribution in [2.45, 2.75) is 44.9 Å². The number of hydrogen-bond acceptors (Lipinski definition) is 4. The van der Waals surface area contributed by atoms with Gasteiger partial charge in [-0.1, -0.05) is 45.0 Å². The lowest BCUT2D eigenvalue weighted by atomic mass is 9.91. The molecule has 5 heteroatoms. The molecule has 0 heterocycles. The molecule has 0 radical (unpaired) electrons. The number of benzene rings is 2. The van der Waals surface area contributed by atoms with Gasteiger partial charge in [0, 0.05) is 43.8 Å². The molecule has 4 nitrogen and oxygen atoms in total. The molecule has 2 aromatic rings. The molecular weight excluding hydrogens is 358 g/mol. The lowest BCUT2D eigenvalue weighted by Gasteiger charge is -2.17. The first-order chi connectivity index (χ1) is 12.6. The van der Waals surface area contributed by atoms with Gasteiger partial charge >= 0.3 is 0 Å². The van der Waals surface area contributed by atoms with Gasteiger partial charge in [0.1, 0.15) is 0 Å². The van der Waals surface area contributed by atoms with Crippen LogP contribution in [0.1, 0.15) is 40.0 Å². The van der Waals surface area contributed by atoms with Crippen LogP contribution in [0.5, 0.6) is 0 Å². The summed E-state index contributed by atoms with van der Waals surface area (Å²) >= 11 is 0. The average Bonchev–Trinajstić information content (AvgIpc) is 2.58. The summed E-state index contributed by atoms with van der Waals surface area (Å²) < 4.78 is 31.4. The van der Waals surface area contributed by atoms with E-state index in [1.807, 2.05) is 49.3 Å². The fourth-order valence-corrected chi connectivity index (χ4v) is 4.71. The van der Waals surface area contributed by atoms with E-state index in [1.54, 1.807) is 6.07 Å². The zero-order valence-electron chi connectivity index (χ0n) is 17.3. The molecule has 2 aromatic carbocycles. The van der Waals surface area contributed by atoms with Gasteiger partial charge in [-0.15, -0.1) is 0 Å². The van der Waals surface area contributed by atoms with Crippen molar-refractivity contribution in [3.63, 3.8) is 0 Å². The molecule has 0 amide bonds. The number of anilines is 1. The van der Waals surface area contributed by atoms with E-state index < -0.39 is 9.84 Å². The summed E-state index contributed by atoms with van der Waals surface area (Å²) in [5.41, 5.74) is 1.33. The Morgan fingerprint density at radius 3 is 2.22 bits per heavy atom. The molecule has 0 unspecified atom stereocenters. The van der Waals surface area contributed by atoms with Crippen molar-refractivity contribution in [2.75, 3.05) is 38.0 Å². The molecular formula is C22H33NO3S. The maximum absolute atomic E-state index is 12.9. The van der Waals surface area contributed by atoms with Gasteiger partial charge in [-0.3, -0.25) is 0 Å². The zero-order chi connectivity index (χ0) is 20.1. The summed E-state index contributed by atoms with van der Waals surface area (Å²) in [5, 5.41) is 1.75. The van der Waals surface area contributed by atoms with Crippen molar-refractivity contribution in [3.8, 4) is 0 Å². The minimum absolute atomic E-state index is 0.109. The van der Waals surface area contributed by atoms with E-state index in [-0.39, 0.29) is 5.75 Å². The Labute approximate surface area is 164 Å². The van der Waals surface area contributed by atoms with Crippen molar-refractivity contribution >= 4 is 26.3 Å². The minimum Gasteiger partial charge on any atom is -0.381 e. The number of rotatable bonds is 9. The quantitative estimate of drug-likeness (QED) is 0.570. The number of nitrogens with zero attached hydrogens (tertiary/aromatic N) is 1. The minimum atomic E-state index is -3.34. The highest BCUT2D eigenvalue weighted by atomic mass is 32.2. The van der Waals surface area contributed by atoms with Gasteiger partial charge in [0.15, 0.2) is 9.84 Å². The third kappa shape index (κ3) is 6.22. The third-order valence-corrected chi connectivity index (χ3v) is 6.45. The van der Waals surface area contributed by atoms with Crippen molar-refractivity contribution in [1.82, 2.24) is 0 Å². The molecule has 0 aliphatic carbocycles. The monoisotopic (exact) mass is 391 g/mol. The third-order valence-electron chi connectivity index (χ3n) is 4.59. The van der Waals surface area contributed by atoms with Crippen LogP contribution in [-0.2, 0) is 14.6 Å².